The molecule has 122 valence electrons. The van der Waals surface area contributed by atoms with Gasteiger partial charge >= 0.3 is 0 Å². The lowest BCUT2D eigenvalue weighted by Gasteiger charge is -2.33. The number of rotatable bonds is 3. The summed E-state index contributed by atoms with van der Waals surface area (Å²) in [4.78, 5) is 14.5. The molecule has 22 heavy (non-hydrogen) atoms. The van der Waals surface area contributed by atoms with E-state index in [0.717, 1.165) is 38.8 Å². The molecule has 1 aliphatic carbocycles. The van der Waals surface area contributed by atoms with Crippen LogP contribution in [0.5, 0.6) is 0 Å². The molecule has 0 bridgehead atoms. The van der Waals surface area contributed by atoms with Crippen LogP contribution in [0.3, 0.4) is 0 Å². The SMILES string of the molecule is CC(C)(O)c1cn(C2CCN(C(=O)C3CCCC3)CC2)nn1. The van der Waals surface area contributed by atoms with E-state index >= 15 is 0 Å². The first-order valence-electron chi connectivity index (χ1n) is 8.38. The average molecular weight is 306 g/mol. The minimum Gasteiger partial charge on any atom is -0.384 e. The van der Waals surface area contributed by atoms with Crippen LogP contribution in [0, 0.1) is 5.92 Å². The Morgan fingerprint density at radius 3 is 2.41 bits per heavy atom. The van der Waals surface area contributed by atoms with Crippen LogP contribution in [0.4, 0.5) is 0 Å². The molecule has 6 nitrogen and oxygen atoms in total. The van der Waals surface area contributed by atoms with Crippen molar-refractivity contribution in [2.75, 3.05) is 13.1 Å². The number of hydrogen-bond donors (Lipinski definition) is 1. The Kier molecular flexibility index (Phi) is 4.21. The second-order valence-electron chi connectivity index (χ2n) is 7.18. The highest BCUT2D eigenvalue weighted by Gasteiger charge is 2.31. The summed E-state index contributed by atoms with van der Waals surface area (Å²) in [6.07, 6.45) is 8.18. The van der Waals surface area contributed by atoms with Crippen LogP contribution < -0.4 is 0 Å². The molecule has 6 heteroatoms. The number of carbonyl (C=O) groups is 1. The first-order chi connectivity index (χ1) is 10.4. The molecule has 1 aromatic heterocycles. The number of piperidine rings is 1. The highest BCUT2D eigenvalue weighted by Crippen LogP contribution is 2.29. The number of aliphatic hydroxyl groups is 1. The molecule has 1 N–H and O–H groups in total. The van der Waals surface area contributed by atoms with Gasteiger partial charge in [0.15, 0.2) is 0 Å². The van der Waals surface area contributed by atoms with Crippen molar-refractivity contribution in [2.45, 2.75) is 64.0 Å². The number of hydrogen-bond acceptors (Lipinski definition) is 4. The maximum atomic E-state index is 12.4. The van der Waals surface area contributed by atoms with Gasteiger partial charge in [-0.1, -0.05) is 18.1 Å². The Balaban J connectivity index is 1.57. The van der Waals surface area contributed by atoms with Crippen LogP contribution in [-0.4, -0.2) is 44.0 Å². The minimum atomic E-state index is -0.961. The van der Waals surface area contributed by atoms with Crippen LogP contribution in [0.25, 0.3) is 0 Å². The molecule has 0 aromatic carbocycles. The van der Waals surface area contributed by atoms with Crippen LogP contribution in [0.15, 0.2) is 6.20 Å². The van der Waals surface area contributed by atoms with Gasteiger partial charge in [0.2, 0.25) is 5.91 Å². The Hall–Kier alpha value is -1.43. The molecule has 2 aliphatic rings. The molecule has 0 radical (unpaired) electrons. The van der Waals surface area contributed by atoms with Gasteiger partial charge in [0.05, 0.1) is 12.2 Å². The largest absolute Gasteiger partial charge is 0.384 e. The van der Waals surface area contributed by atoms with Gasteiger partial charge in [0.1, 0.15) is 11.3 Å². The van der Waals surface area contributed by atoms with Gasteiger partial charge in [-0.05, 0) is 39.5 Å². The number of aromatic nitrogens is 3. The molecule has 1 saturated heterocycles. The van der Waals surface area contributed by atoms with Crippen molar-refractivity contribution in [1.82, 2.24) is 19.9 Å². The molecule has 3 rings (SSSR count). The Morgan fingerprint density at radius 1 is 1.23 bits per heavy atom. The Labute approximate surface area is 131 Å². The molecule has 1 aromatic rings. The fourth-order valence-corrected chi connectivity index (χ4v) is 3.52. The van der Waals surface area contributed by atoms with Gasteiger partial charge in [-0.3, -0.25) is 4.79 Å². The summed E-state index contributed by atoms with van der Waals surface area (Å²) in [6.45, 7) is 5.03. The Bertz CT molecular complexity index is 520. The predicted octanol–water partition coefficient (Wildman–Crippen LogP) is 1.86. The molecule has 1 saturated carbocycles. The van der Waals surface area contributed by atoms with Crippen molar-refractivity contribution >= 4 is 5.91 Å². The fourth-order valence-electron chi connectivity index (χ4n) is 3.52. The van der Waals surface area contributed by atoms with E-state index in [1.54, 1.807) is 13.8 Å². The lowest BCUT2D eigenvalue weighted by molar-refractivity contribution is -0.136. The van der Waals surface area contributed by atoms with Crippen molar-refractivity contribution in [3.05, 3.63) is 11.9 Å². The van der Waals surface area contributed by atoms with Gasteiger partial charge in [-0.25, -0.2) is 4.68 Å². The van der Waals surface area contributed by atoms with Crippen LogP contribution in [0.1, 0.15) is 64.1 Å². The number of nitrogens with zero attached hydrogens (tertiary/aromatic N) is 4. The Morgan fingerprint density at radius 2 is 1.86 bits per heavy atom. The maximum absolute atomic E-state index is 12.4. The summed E-state index contributed by atoms with van der Waals surface area (Å²) in [5, 5.41) is 18.2. The van der Waals surface area contributed by atoms with E-state index in [9.17, 15) is 9.90 Å². The monoisotopic (exact) mass is 306 g/mol. The van der Waals surface area contributed by atoms with E-state index in [-0.39, 0.29) is 12.0 Å². The first kappa shape index (κ1) is 15.5. The van der Waals surface area contributed by atoms with Crippen molar-refractivity contribution < 1.29 is 9.90 Å². The highest BCUT2D eigenvalue weighted by molar-refractivity contribution is 5.79. The van der Waals surface area contributed by atoms with Crippen molar-refractivity contribution in [3.8, 4) is 0 Å². The normalized spacial score (nSPS) is 21.5. The molecule has 0 spiro atoms. The van der Waals surface area contributed by atoms with Crippen molar-refractivity contribution in [1.29, 1.82) is 0 Å². The van der Waals surface area contributed by atoms with E-state index < -0.39 is 5.60 Å². The molecule has 0 unspecified atom stereocenters. The second kappa shape index (κ2) is 5.99. The van der Waals surface area contributed by atoms with Gasteiger partial charge < -0.3 is 10.0 Å². The second-order valence-corrected chi connectivity index (χ2v) is 7.18. The fraction of sp³-hybridized carbons (Fsp3) is 0.812. The van der Waals surface area contributed by atoms with Crippen molar-refractivity contribution in [2.24, 2.45) is 5.92 Å². The lowest BCUT2D eigenvalue weighted by Crippen LogP contribution is -2.41. The van der Waals surface area contributed by atoms with E-state index in [1.807, 2.05) is 15.8 Å². The molecular formula is C16H26N4O2. The van der Waals surface area contributed by atoms with Crippen LogP contribution >= 0.6 is 0 Å². The van der Waals surface area contributed by atoms with Gasteiger partial charge in [0, 0.05) is 19.0 Å². The predicted molar refractivity (Wildman–Crippen MR) is 82.1 cm³/mol. The van der Waals surface area contributed by atoms with Gasteiger partial charge in [-0.15, -0.1) is 5.10 Å². The standard InChI is InChI=1S/C16H26N4O2/c1-16(2,22)14-11-20(18-17-14)13-7-9-19(10-8-13)15(21)12-5-3-4-6-12/h11-13,22H,3-10H2,1-2H3. The average Bonchev–Trinajstić information content (AvgIpc) is 3.17. The summed E-state index contributed by atoms with van der Waals surface area (Å²) in [7, 11) is 0. The van der Waals surface area contributed by atoms with Crippen molar-refractivity contribution in [3.63, 3.8) is 0 Å². The molecule has 1 amide bonds. The summed E-state index contributed by atoms with van der Waals surface area (Å²) in [5.41, 5.74) is -0.367. The van der Waals surface area contributed by atoms with Crippen LogP contribution in [0.2, 0.25) is 0 Å². The summed E-state index contributed by atoms with van der Waals surface area (Å²) in [5.74, 6) is 0.622. The molecule has 1 aliphatic heterocycles. The lowest BCUT2D eigenvalue weighted by atomic mass is 10.0. The highest BCUT2D eigenvalue weighted by atomic mass is 16.3. The van der Waals surface area contributed by atoms with E-state index in [0.29, 0.717) is 11.6 Å². The molecular weight excluding hydrogens is 280 g/mol. The third-order valence-corrected chi connectivity index (χ3v) is 4.99. The summed E-state index contributed by atoms with van der Waals surface area (Å²) in [6, 6.07) is 0.274. The smallest absolute Gasteiger partial charge is 0.225 e. The topological polar surface area (TPSA) is 71.2 Å². The maximum Gasteiger partial charge on any atom is 0.225 e. The number of carbonyl (C=O) groups excluding carboxylic acids is 1. The third-order valence-electron chi connectivity index (χ3n) is 4.99. The summed E-state index contributed by atoms with van der Waals surface area (Å²) >= 11 is 0. The number of amides is 1. The number of likely N-dealkylation sites (tertiary alicyclic amines) is 1. The quantitative estimate of drug-likeness (QED) is 0.925. The van der Waals surface area contributed by atoms with Gasteiger partial charge in [-0.2, -0.15) is 0 Å². The minimum absolute atomic E-state index is 0.268. The van der Waals surface area contributed by atoms with E-state index in [4.69, 9.17) is 0 Å². The molecule has 2 heterocycles. The zero-order valence-corrected chi connectivity index (χ0v) is 13.5. The molecule has 0 atom stereocenters. The van der Waals surface area contributed by atoms with E-state index in [2.05, 4.69) is 10.3 Å². The zero-order chi connectivity index (χ0) is 15.7. The molecule has 2 fully saturated rings. The van der Waals surface area contributed by atoms with Crippen LogP contribution in [-0.2, 0) is 10.4 Å². The van der Waals surface area contributed by atoms with E-state index in [1.165, 1.54) is 12.8 Å². The third kappa shape index (κ3) is 3.16. The van der Waals surface area contributed by atoms with Gasteiger partial charge in [0.25, 0.3) is 0 Å². The summed E-state index contributed by atoms with van der Waals surface area (Å²) < 4.78 is 1.85. The first-order valence-corrected chi connectivity index (χ1v) is 8.38. The zero-order valence-electron chi connectivity index (χ0n) is 13.5.